The van der Waals surface area contributed by atoms with E-state index in [-0.39, 0.29) is 12.0 Å². The minimum absolute atomic E-state index is 0.0152. The first-order chi connectivity index (χ1) is 8.68. The molecular formula is C14H20N2O2. The van der Waals surface area contributed by atoms with E-state index in [2.05, 4.69) is 0 Å². The Labute approximate surface area is 108 Å². The summed E-state index contributed by atoms with van der Waals surface area (Å²) < 4.78 is 5.53. The molecule has 0 radical (unpaired) electrons. The molecule has 0 bridgehead atoms. The number of benzene rings is 1. The van der Waals surface area contributed by atoms with E-state index in [0.717, 1.165) is 18.5 Å². The molecule has 0 saturated carbocycles. The van der Waals surface area contributed by atoms with Gasteiger partial charge in [0, 0.05) is 19.7 Å². The van der Waals surface area contributed by atoms with Crippen LogP contribution in [-0.2, 0) is 9.53 Å². The topological polar surface area (TPSA) is 55.6 Å². The Balaban J connectivity index is 2.06. The van der Waals surface area contributed by atoms with Crippen molar-refractivity contribution in [3.8, 4) is 0 Å². The molecular weight excluding hydrogens is 228 g/mol. The second kappa shape index (κ2) is 5.98. The van der Waals surface area contributed by atoms with Crippen LogP contribution in [-0.4, -0.2) is 36.6 Å². The monoisotopic (exact) mass is 248 g/mol. The maximum absolute atomic E-state index is 12.3. The van der Waals surface area contributed by atoms with Gasteiger partial charge in [-0.25, -0.2) is 0 Å². The van der Waals surface area contributed by atoms with Crippen LogP contribution in [0.5, 0.6) is 0 Å². The highest BCUT2D eigenvalue weighted by molar-refractivity contribution is 5.83. The van der Waals surface area contributed by atoms with E-state index in [1.165, 1.54) is 0 Å². The number of hydrogen-bond acceptors (Lipinski definition) is 3. The SMILES string of the molecule is C[C@@H]1CN(C(=O)[C@H](N)c2ccccc2)CCCO1. The average molecular weight is 248 g/mol. The van der Waals surface area contributed by atoms with E-state index in [0.29, 0.717) is 13.2 Å². The van der Waals surface area contributed by atoms with Crippen LogP contribution in [0.2, 0.25) is 0 Å². The van der Waals surface area contributed by atoms with Crippen LogP contribution < -0.4 is 5.73 Å². The van der Waals surface area contributed by atoms with E-state index in [4.69, 9.17) is 10.5 Å². The van der Waals surface area contributed by atoms with Crippen molar-refractivity contribution in [3.63, 3.8) is 0 Å². The highest BCUT2D eigenvalue weighted by atomic mass is 16.5. The first-order valence-electron chi connectivity index (χ1n) is 6.39. The summed E-state index contributed by atoms with van der Waals surface area (Å²) in [5.41, 5.74) is 6.90. The number of nitrogens with zero attached hydrogens (tertiary/aromatic N) is 1. The summed E-state index contributed by atoms with van der Waals surface area (Å²) in [6, 6.07) is 8.92. The van der Waals surface area contributed by atoms with Gasteiger partial charge in [0.25, 0.3) is 0 Å². The van der Waals surface area contributed by atoms with Crippen LogP contribution in [0, 0.1) is 0 Å². The molecule has 1 fully saturated rings. The number of rotatable bonds is 2. The largest absolute Gasteiger partial charge is 0.377 e. The van der Waals surface area contributed by atoms with Crippen molar-refractivity contribution in [1.82, 2.24) is 4.90 Å². The van der Waals surface area contributed by atoms with Crippen molar-refractivity contribution in [2.24, 2.45) is 5.73 Å². The van der Waals surface area contributed by atoms with Gasteiger partial charge in [0.1, 0.15) is 6.04 Å². The molecule has 2 atom stereocenters. The Kier molecular flexibility index (Phi) is 4.33. The molecule has 0 aromatic heterocycles. The lowest BCUT2D eigenvalue weighted by atomic mass is 10.1. The Morgan fingerprint density at radius 1 is 1.44 bits per heavy atom. The van der Waals surface area contributed by atoms with E-state index in [1.54, 1.807) is 0 Å². The molecule has 1 aliphatic heterocycles. The molecule has 0 spiro atoms. The highest BCUT2D eigenvalue weighted by Crippen LogP contribution is 2.15. The van der Waals surface area contributed by atoms with Gasteiger partial charge in [-0.2, -0.15) is 0 Å². The standard InChI is InChI=1S/C14H20N2O2/c1-11-10-16(8-5-9-18-11)14(17)13(15)12-6-3-2-4-7-12/h2-4,6-7,11,13H,5,8-10,15H2,1H3/t11-,13-/m1/s1. The molecule has 2 N–H and O–H groups in total. The second-order valence-electron chi connectivity index (χ2n) is 4.71. The molecule has 0 aliphatic carbocycles. The molecule has 4 heteroatoms. The molecule has 1 aromatic rings. The smallest absolute Gasteiger partial charge is 0.244 e. The summed E-state index contributed by atoms with van der Waals surface area (Å²) in [6.45, 7) is 4.05. The Morgan fingerprint density at radius 3 is 2.89 bits per heavy atom. The maximum atomic E-state index is 12.3. The molecule has 1 heterocycles. The van der Waals surface area contributed by atoms with Crippen molar-refractivity contribution in [2.45, 2.75) is 25.5 Å². The van der Waals surface area contributed by atoms with Gasteiger partial charge in [-0.3, -0.25) is 4.79 Å². The first-order valence-corrected chi connectivity index (χ1v) is 6.39. The molecule has 98 valence electrons. The van der Waals surface area contributed by atoms with Gasteiger partial charge in [0.05, 0.1) is 6.10 Å². The van der Waals surface area contributed by atoms with E-state index >= 15 is 0 Å². The number of carbonyl (C=O) groups excluding carboxylic acids is 1. The Bertz CT molecular complexity index is 394. The van der Waals surface area contributed by atoms with Gasteiger partial charge in [0.15, 0.2) is 0 Å². The Hall–Kier alpha value is -1.39. The maximum Gasteiger partial charge on any atom is 0.244 e. The normalized spacial score (nSPS) is 22.3. The minimum Gasteiger partial charge on any atom is -0.377 e. The van der Waals surface area contributed by atoms with Crippen LogP contribution in [0.4, 0.5) is 0 Å². The fourth-order valence-electron chi connectivity index (χ4n) is 2.19. The lowest BCUT2D eigenvalue weighted by molar-refractivity contribution is -0.133. The summed E-state index contributed by atoms with van der Waals surface area (Å²) in [7, 11) is 0. The molecule has 1 saturated heterocycles. The van der Waals surface area contributed by atoms with Crippen LogP contribution >= 0.6 is 0 Å². The van der Waals surface area contributed by atoms with Crippen molar-refractivity contribution in [1.29, 1.82) is 0 Å². The van der Waals surface area contributed by atoms with Crippen LogP contribution in [0.25, 0.3) is 0 Å². The van der Waals surface area contributed by atoms with Crippen LogP contribution in [0.3, 0.4) is 0 Å². The summed E-state index contributed by atoms with van der Waals surface area (Å²) in [5.74, 6) is -0.0152. The molecule has 1 aromatic carbocycles. The van der Waals surface area contributed by atoms with E-state index < -0.39 is 6.04 Å². The van der Waals surface area contributed by atoms with Crippen molar-refractivity contribution < 1.29 is 9.53 Å². The lowest BCUT2D eigenvalue weighted by Crippen LogP contribution is -2.41. The van der Waals surface area contributed by atoms with E-state index in [9.17, 15) is 4.79 Å². The summed E-state index contributed by atoms with van der Waals surface area (Å²) in [5, 5.41) is 0. The predicted octanol–water partition coefficient (Wildman–Crippen LogP) is 1.32. The summed E-state index contributed by atoms with van der Waals surface area (Å²) in [4.78, 5) is 14.2. The van der Waals surface area contributed by atoms with Gasteiger partial charge in [-0.05, 0) is 18.9 Å². The quantitative estimate of drug-likeness (QED) is 0.859. The zero-order chi connectivity index (χ0) is 13.0. The molecule has 1 aliphatic rings. The van der Waals surface area contributed by atoms with Crippen LogP contribution in [0.15, 0.2) is 30.3 Å². The third-order valence-corrected chi connectivity index (χ3v) is 3.19. The lowest BCUT2D eigenvalue weighted by Gasteiger charge is -2.25. The molecule has 2 rings (SSSR count). The highest BCUT2D eigenvalue weighted by Gasteiger charge is 2.25. The predicted molar refractivity (Wildman–Crippen MR) is 70.0 cm³/mol. The van der Waals surface area contributed by atoms with Crippen molar-refractivity contribution in [3.05, 3.63) is 35.9 Å². The van der Waals surface area contributed by atoms with Gasteiger partial charge in [-0.1, -0.05) is 30.3 Å². The zero-order valence-corrected chi connectivity index (χ0v) is 10.7. The number of carbonyl (C=O) groups is 1. The molecule has 18 heavy (non-hydrogen) atoms. The van der Waals surface area contributed by atoms with Crippen molar-refractivity contribution in [2.75, 3.05) is 19.7 Å². The zero-order valence-electron chi connectivity index (χ0n) is 10.7. The summed E-state index contributed by atoms with van der Waals surface area (Å²) in [6.07, 6.45) is 0.955. The third-order valence-electron chi connectivity index (χ3n) is 3.19. The molecule has 1 amide bonds. The van der Waals surface area contributed by atoms with Gasteiger partial charge in [-0.15, -0.1) is 0 Å². The van der Waals surface area contributed by atoms with Gasteiger partial charge in [0.2, 0.25) is 5.91 Å². The number of nitrogens with two attached hydrogens (primary N) is 1. The fraction of sp³-hybridized carbons (Fsp3) is 0.500. The number of amides is 1. The molecule has 4 nitrogen and oxygen atoms in total. The average Bonchev–Trinajstić information content (AvgIpc) is 2.63. The minimum atomic E-state index is -0.573. The number of hydrogen-bond donors (Lipinski definition) is 1. The van der Waals surface area contributed by atoms with Crippen molar-refractivity contribution >= 4 is 5.91 Å². The Morgan fingerprint density at radius 2 is 2.17 bits per heavy atom. The number of ether oxygens (including phenoxy) is 1. The molecule has 0 unspecified atom stereocenters. The van der Waals surface area contributed by atoms with E-state index in [1.807, 2.05) is 42.2 Å². The second-order valence-corrected chi connectivity index (χ2v) is 4.71. The fourth-order valence-corrected chi connectivity index (χ4v) is 2.19. The first kappa shape index (κ1) is 13.1. The third kappa shape index (κ3) is 3.09. The van der Waals surface area contributed by atoms with Crippen LogP contribution in [0.1, 0.15) is 24.9 Å². The van der Waals surface area contributed by atoms with Gasteiger partial charge >= 0.3 is 0 Å². The summed E-state index contributed by atoms with van der Waals surface area (Å²) >= 11 is 0. The van der Waals surface area contributed by atoms with Gasteiger partial charge < -0.3 is 15.4 Å².